The van der Waals surface area contributed by atoms with Gasteiger partial charge in [-0.3, -0.25) is 0 Å². The molecule has 0 aliphatic carbocycles. The fraction of sp³-hybridized carbons (Fsp3) is 0.174. The van der Waals surface area contributed by atoms with Gasteiger partial charge in [0.15, 0.2) is 9.84 Å². The lowest BCUT2D eigenvalue weighted by Gasteiger charge is -2.16. The van der Waals surface area contributed by atoms with Crippen molar-refractivity contribution in [1.82, 2.24) is 0 Å². The average Bonchev–Trinajstić information content (AvgIpc) is 2.73. The molecule has 0 atom stereocenters. The zero-order valence-electron chi connectivity index (χ0n) is 17.1. The van der Waals surface area contributed by atoms with Crippen LogP contribution in [0.15, 0.2) is 65.6 Å². The van der Waals surface area contributed by atoms with Gasteiger partial charge in [-0.05, 0) is 53.9 Å². The number of halogens is 3. The van der Waals surface area contributed by atoms with E-state index in [1.165, 1.54) is 25.3 Å². The monoisotopic (exact) mass is 464 g/mol. The minimum absolute atomic E-state index is 0.0635. The summed E-state index contributed by atoms with van der Waals surface area (Å²) in [5.41, 5.74) is 0.490. The molecule has 1 N–H and O–H groups in total. The predicted molar refractivity (Wildman–Crippen MR) is 112 cm³/mol. The smallest absolute Gasteiger partial charge is 0.416 e. The average molecular weight is 464 g/mol. The van der Waals surface area contributed by atoms with Gasteiger partial charge in [0.05, 0.1) is 24.0 Å². The number of carboxylic acid groups (broad SMARTS) is 1. The van der Waals surface area contributed by atoms with E-state index < -0.39 is 38.2 Å². The molecule has 3 rings (SSSR count). The number of benzene rings is 3. The second-order valence-electron chi connectivity index (χ2n) is 7.17. The van der Waals surface area contributed by atoms with E-state index in [0.29, 0.717) is 11.1 Å². The van der Waals surface area contributed by atoms with E-state index in [-0.39, 0.29) is 16.9 Å². The lowest BCUT2D eigenvalue weighted by atomic mass is 9.97. The van der Waals surface area contributed by atoms with Gasteiger partial charge in [0.1, 0.15) is 10.6 Å². The van der Waals surface area contributed by atoms with Gasteiger partial charge in [0, 0.05) is 0 Å². The maximum absolute atomic E-state index is 13.3. The number of hydrogen-bond donors (Lipinski definition) is 1. The van der Waals surface area contributed by atoms with Crippen LogP contribution in [0.1, 0.15) is 27.0 Å². The van der Waals surface area contributed by atoms with Crippen molar-refractivity contribution in [1.29, 1.82) is 0 Å². The molecule has 0 radical (unpaired) electrons. The minimum atomic E-state index is -4.66. The highest BCUT2D eigenvalue weighted by Gasteiger charge is 2.32. The van der Waals surface area contributed by atoms with Crippen LogP contribution in [-0.2, 0) is 21.8 Å². The number of rotatable bonds is 6. The zero-order chi connectivity index (χ0) is 23.7. The minimum Gasteiger partial charge on any atom is -0.495 e. The van der Waals surface area contributed by atoms with Gasteiger partial charge >= 0.3 is 12.1 Å². The molecule has 3 aromatic rings. The van der Waals surface area contributed by atoms with Crippen molar-refractivity contribution in [3.05, 3.63) is 82.9 Å². The van der Waals surface area contributed by atoms with E-state index in [9.17, 15) is 31.5 Å². The molecule has 5 nitrogen and oxygen atoms in total. The van der Waals surface area contributed by atoms with Crippen molar-refractivity contribution in [2.45, 2.75) is 23.7 Å². The first-order valence-electron chi connectivity index (χ1n) is 9.33. The van der Waals surface area contributed by atoms with Gasteiger partial charge in [-0.1, -0.05) is 35.9 Å². The van der Waals surface area contributed by atoms with E-state index in [1.54, 1.807) is 24.3 Å². The molecule has 0 bridgehead atoms. The molecule has 0 spiro atoms. The Bertz CT molecular complexity index is 1260. The number of alkyl halides is 3. The van der Waals surface area contributed by atoms with Crippen LogP contribution in [0.4, 0.5) is 13.2 Å². The van der Waals surface area contributed by atoms with Crippen molar-refractivity contribution in [2.24, 2.45) is 0 Å². The van der Waals surface area contributed by atoms with Crippen molar-refractivity contribution in [3.63, 3.8) is 0 Å². The molecular formula is C23H19F3O5S. The molecule has 9 heteroatoms. The lowest BCUT2D eigenvalue weighted by Crippen LogP contribution is -2.11. The molecule has 0 aliphatic heterocycles. The largest absolute Gasteiger partial charge is 0.495 e. The first kappa shape index (κ1) is 23.3. The first-order chi connectivity index (χ1) is 14.9. The third-order valence-electron chi connectivity index (χ3n) is 4.89. The summed E-state index contributed by atoms with van der Waals surface area (Å²) >= 11 is 0. The lowest BCUT2D eigenvalue weighted by molar-refractivity contribution is -0.137. The van der Waals surface area contributed by atoms with Crippen LogP contribution in [0.2, 0.25) is 0 Å². The van der Waals surface area contributed by atoms with E-state index in [4.69, 9.17) is 4.74 Å². The van der Waals surface area contributed by atoms with E-state index >= 15 is 0 Å². The molecule has 0 saturated carbocycles. The Labute approximate surface area is 183 Å². The Morgan fingerprint density at radius 2 is 1.66 bits per heavy atom. The third kappa shape index (κ3) is 4.94. The highest BCUT2D eigenvalue weighted by atomic mass is 32.2. The molecule has 0 saturated heterocycles. The molecule has 3 aromatic carbocycles. The number of hydrogen-bond acceptors (Lipinski definition) is 4. The van der Waals surface area contributed by atoms with Crippen LogP contribution in [-0.4, -0.2) is 26.6 Å². The summed E-state index contributed by atoms with van der Waals surface area (Å²) in [6.45, 7) is 1.85. The molecule has 0 amide bonds. The summed E-state index contributed by atoms with van der Waals surface area (Å²) < 4.78 is 71.5. The molecular weight excluding hydrogens is 445 g/mol. The van der Waals surface area contributed by atoms with Crippen molar-refractivity contribution < 1.29 is 36.2 Å². The van der Waals surface area contributed by atoms with Crippen molar-refractivity contribution in [2.75, 3.05) is 7.11 Å². The number of aryl methyl sites for hydroxylation is 1. The summed E-state index contributed by atoms with van der Waals surface area (Å²) in [5.74, 6) is -2.22. The van der Waals surface area contributed by atoms with Crippen LogP contribution >= 0.6 is 0 Å². The number of sulfone groups is 1. The topological polar surface area (TPSA) is 80.7 Å². The SMILES string of the molecule is COc1ccc(C(=O)O)cc1S(=O)(=O)Cc1cc(C(F)(F)F)ccc1-c1ccc(C)cc1. The van der Waals surface area contributed by atoms with Gasteiger partial charge < -0.3 is 9.84 Å². The predicted octanol–water partition coefficient (Wildman–Crippen LogP) is 5.36. The van der Waals surface area contributed by atoms with Gasteiger partial charge in [0.25, 0.3) is 0 Å². The molecule has 0 aliphatic rings. The van der Waals surface area contributed by atoms with Crippen LogP contribution in [0.5, 0.6) is 5.75 Å². The fourth-order valence-electron chi connectivity index (χ4n) is 3.24. The normalized spacial score (nSPS) is 11.9. The summed E-state index contributed by atoms with van der Waals surface area (Å²) in [6, 6.07) is 13.2. The quantitative estimate of drug-likeness (QED) is 0.531. The van der Waals surface area contributed by atoms with Gasteiger partial charge in [-0.2, -0.15) is 13.2 Å². The van der Waals surface area contributed by atoms with Gasteiger partial charge in [0.2, 0.25) is 0 Å². The van der Waals surface area contributed by atoms with Crippen LogP contribution in [0, 0.1) is 6.92 Å². The Morgan fingerprint density at radius 3 is 2.22 bits per heavy atom. The molecule has 32 heavy (non-hydrogen) atoms. The number of carboxylic acids is 1. The Morgan fingerprint density at radius 1 is 1.00 bits per heavy atom. The number of methoxy groups -OCH3 is 1. The maximum Gasteiger partial charge on any atom is 0.416 e. The summed E-state index contributed by atoms with van der Waals surface area (Å²) in [6.07, 6.45) is -4.66. The van der Waals surface area contributed by atoms with Crippen molar-refractivity contribution >= 4 is 15.8 Å². The third-order valence-corrected chi connectivity index (χ3v) is 6.57. The van der Waals surface area contributed by atoms with E-state index in [2.05, 4.69) is 0 Å². The second kappa shape index (κ2) is 8.66. The van der Waals surface area contributed by atoms with Gasteiger partial charge in [-0.25, -0.2) is 13.2 Å². The molecule has 168 valence electrons. The van der Waals surface area contributed by atoms with E-state index in [0.717, 1.165) is 23.8 Å². The number of aromatic carboxylic acids is 1. The number of carbonyl (C=O) groups is 1. The Hall–Kier alpha value is -3.33. The Kier molecular flexibility index (Phi) is 6.32. The standard InChI is InChI=1S/C23H19F3O5S/c1-14-3-5-15(6-4-14)19-9-8-18(23(24,25)26)11-17(19)13-32(29,30)21-12-16(22(27)28)7-10-20(21)31-2/h3-12H,13H2,1-2H3,(H,27,28). The van der Waals surface area contributed by atoms with Crippen LogP contribution in [0.25, 0.3) is 11.1 Å². The summed E-state index contributed by atoms with van der Waals surface area (Å²) in [7, 11) is -3.05. The molecule has 0 heterocycles. The summed E-state index contributed by atoms with van der Waals surface area (Å²) in [5, 5.41) is 9.21. The zero-order valence-corrected chi connectivity index (χ0v) is 17.9. The summed E-state index contributed by atoms with van der Waals surface area (Å²) in [4.78, 5) is 10.9. The highest BCUT2D eigenvalue weighted by Crippen LogP contribution is 2.36. The fourth-order valence-corrected chi connectivity index (χ4v) is 4.81. The van der Waals surface area contributed by atoms with E-state index in [1.807, 2.05) is 6.92 Å². The second-order valence-corrected chi connectivity index (χ2v) is 9.12. The maximum atomic E-state index is 13.3. The molecule has 0 unspecified atom stereocenters. The number of ether oxygens (including phenoxy) is 1. The van der Waals surface area contributed by atoms with Crippen LogP contribution in [0.3, 0.4) is 0 Å². The van der Waals surface area contributed by atoms with Gasteiger partial charge in [-0.15, -0.1) is 0 Å². The Balaban J connectivity index is 2.17. The first-order valence-corrected chi connectivity index (χ1v) is 11.0. The molecule has 0 fully saturated rings. The highest BCUT2D eigenvalue weighted by molar-refractivity contribution is 7.90. The molecule has 0 aromatic heterocycles. The van der Waals surface area contributed by atoms with Crippen molar-refractivity contribution in [3.8, 4) is 16.9 Å². The van der Waals surface area contributed by atoms with Crippen LogP contribution < -0.4 is 4.74 Å².